The number of hydrogen-bond acceptors (Lipinski definition) is 7. The Morgan fingerprint density at radius 2 is 2.25 bits per heavy atom. The summed E-state index contributed by atoms with van der Waals surface area (Å²) in [7, 11) is 2.05. The summed E-state index contributed by atoms with van der Waals surface area (Å²) in [4.78, 5) is 18.1. The van der Waals surface area contributed by atoms with Crippen molar-refractivity contribution < 1.29 is 14.1 Å². The summed E-state index contributed by atoms with van der Waals surface area (Å²) in [5.41, 5.74) is 1.37. The van der Waals surface area contributed by atoms with Crippen molar-refractivity contribution in [2.45, 2.75) is 6.04 Å². The molecule has 0 bridgehead atoms. The van der Waals surface area contributed by atoms with Crippen LogP contribution in [0.5, 0.6) is 5.75 Å². The van der Waals surface area contributed by atoms with Gasteiger partial charge in [-0.2, -0.15) is 4.98 Å². The van der Waals surface area contributed by atoms with Crippen LogP contribution in [0.2, 0.25) is 0 Å². The summed E-state index contributed by atoms with van der Waals surface area (Å²) in [5.74, 6) is 1.56. The van der Waals surface area contributed by atoms with Crippen molar-refractivity contribution >= 4 is 24.0 Å². The number of fused-ring (bicyclic) bond motifs is 1. The fraction of sp³-hybridized carbons (Fsp3) is 0.400. The molecule has 1 atom stereocenters. The number of nitrogens with one attached hydrogen (secondary N) is 2. The van der Waals surface area contributed by atoms with Crippen molar-refractivity contribution in [3.8, 4) is 17.2 Å². The molecule has 0 aliphatic carbocycles. The van der Waals surface area contributed by atoms with E-state index in [0.717, 1.165) is 25.2 Å². The van der Waals surface area contributed by atoms with Gasteiger partial charge in [0, 0.05) is 25.2 Å². The molecular weight excluding hydrogens is 334 g/mol. The quantitative estimate of drug-likeness (QED) is 0.835. The van der Waals surface area contributed by atoms with Crippen molar-refractivity contribution in [2.24, 2.45) is 0 Å². The fourth-order valence-electron chi connectivity index (χ4n) is 2.80. The van der Waals surface area contributed by atoms with Crippen LogP contribution in [0, 0.1) is 0 Å². The van der Waals surface area contributed by atoms with E-state index in [-0.39, 0.29) is 31.0 Å². The number of halogens is 1. The standard InChI is InChI=1S/C15H17N5O3.ClH/c1-20-5-4-16-7-11(20)14-18-15(23-19-14)9-2-3-12-10(6-9)17-13(21)8-22-12;/h2-3,6,11,16H,4-5,7-8H2,1H3,(H,17,21);1H. The SMILES string of the molecule is CN1CCNCC1c1noc(-c2ccc3c(c2)NC(=O)CO3)n1.Cl. The van der Waals surface area contributed by atoms with E-state index in [2.05, 4.69) is 25.7 Å². The van der Waals surface area contributed by atoms with Gasteiger partial charge >= 0.3 is 0 Å². The number of carbonyl (C=O) groups is 1. The first kappa shape index (κ1) is 16.7. The maximum absolute atomic E-state index is 11.4. The van der Waals surface area contributed by atoms with Crippen molar-refractivity contribution in [3.05, 3.63) is 24.0 Å². The largest absolute Gasteiger partial charge is 0.482 e. The Morgan fingerprint density at radius 3 is 3.08 bits per heavy atom. The van der Waals surface area contributed by atoms with Gasteiger partial charge in [-0.05, 0) is 25.2 Å². The van der Waals surface area contributed by atoms with Crippen LogP contribution in [0.15, 0.2) is 22.7 Å². The number of ether oxygens (including phenoxy) is 1. The van der Waals surface area contributed by atoms with Crippen molar-refractivity contribution in [2.75, 3.05) is 38.6 Å². The Morgan fingerprint density at radius 1 is 1.38 bits per heavy atom. The van der Waals surface area contributed by atoms with E-state index < -0.39 is 0 Å². The minimum atomic E-state index is -0.171. The van der Waals surface area contributed by atoms with Gasteiger partial charge < -0.3 is 19.9 Å². The molecule has 2 aliphatic rings. The normalized spacial score (nSPS) is 20.5. The van der Waals surface area contributed by atoms with Gasteiger partial charge in [0.1, 0.15) is 5.75 Å². The van der Waals surface area contributed by atoms with Gasteiger partial charge in [-0.25, -0.2) is 0 Å². The molecule has 4 rings (SSSR count). The lowest BCUT2D eigenvalue weighted by molar-refractivity contribution is -0.118. The highest BCUT2D eigenvalue weighted by Gasteiger charge is 2.26. The van der Waals surface area contributed by atoms with Crippen molar-refractivity contribution in [1.82, 2.24) is 20.4 Å². The zero-order valence-corrected chi connectivity index (χ0v) is 13.9. The summed E-state index contributed by atoms with van der Waals surface area (Å²) in [6, 6.07) is 5.52. The Kier molecular flexibility index (Phi) is 4.70. The summed E-state index contributed by atoms with van der Waals surface area (Å²) in [6.45, 7) is 2.74. The molecule has 0 saturated carbocycles. The van der Waals surface area contributed by atoms with Gasteiger partial charge in [0.2, 0.25) is 0 Å². The molecule has 2 aromatic rings. The van der Waals surface area contributed by atoms with E-state index in [1.807, 2.05) is 13.1 Å². The molecule has 128 valence electrons. The Bertz CT molecular complexity index is 750. The van der Waals surface area contributed by atoms with Crippen LogP contribution in [-0.2, 0) is 4.79 Å². The van der Waals surface area contributed by atoms with Crippen LogP contribution in [0.4, 0.5) is 5.69 Å². The molecule has 1 fully saturated rings. The van der Waals surface area contributed by atoms with Crippen LogP contribution in [-0.4, -0.2) is 54.2 Å². The number of hydrogen-bond donors (Lipinski definition) is 2. The predicted molar refractivity (Wildman–Crippen MR) is 89.3 cm³/mol. The number of rotatable bonds is 2. The molecule has 0 radical (unpaired) electrons. The van der Waals surface area contributed by atoms with Gasteiger partial charge in [-0.15, -0.1) is 12.4 Å². The van der Waals surface area contributed by atoms with Crippen LogP contribution < -0.4 is 15.4 Å². The molecule has 1 aromatic carbocycles. The Labute approximate surface area is 145 Å². The van der Waals surface area contributed by atoms with Crippen LogP contribution in [0.25, 0.3) is 11.5 Å². The molecule has 2 aliphatic heterocycles. The maximum Gasteiger partial charge on any atom is 0.262 e. The number of aromatic nitrogens is 2. The average Bonchev–Trinajstić information content (AvgIpc) is 3.04. The van der Waals surface area contributed by atoms with Crippen LogP contribution in [0.1, 0.15) is 11.9 Å². The second-order valence-electron chi connectivity index (χ2n) is 5.71. The molecule has 3 heterocycles. The van der Waals surface area contributed by atoms with E-state index in [1.165, 1.54) is 0 Å². The van der Waals surface area contributed by atoms with Gasteiger partial charge in [-0.1, -0.05) is 5.16 Å². The van der Waals surface area contributed by atoms with Gasteiger partial charge in [-0.3, -0.25) is 9.69 Å². The lowest BCUT2D eigenvalue weighted by Crippen LogP contribution is -2.44. The molecule has 1 amide bonds. The van der Waals surface area contributed by atoms with E-state index in [4.69, 9.17) is 9.26 Å². The first-order valence-electron chi connectivity index (χ1n) is 7.52. The Hall–Kier alpha value is -2.16. The third-order valence-corrected chi connectivity index (χ3v) is 4.11. The molecule has 2 N–H and O–H groups in total. The molecule has 8 nitrogen and oxygen atoms in total. The zero-order chi connectivity index (χ0) is 15.8. The minimum absolute atomic E-state index is 0. The highest BCUT2D eigenvalue weighted by atomic mass is 35.5. The van der Waals surface area contributed by atoms with Gasteiger partial charge in [0.15, 0.2) is 12.4 Å². The minimum Gasteiger partial charge on any atom is -0.482 e. The van der Waals surface area contributed by atoms with Gasteiger partial charge in [0.25, 0.3) is 11.8 Å². The number of amides is 1. The summed E-state index contributed by atoms with van der Waals surface area (Å²) in [5, 5.41) is 10.2. The molecular formula is C15H18ClN5O3. The van der Waals surface area contributed by atoms with E-state index in [0.29, 0.717) is 23.2 Å². The molecule has 9 heteroatoms. The maximum atomic E-state index is 11.4. The Balaban J connectivity index is 0.00000169. The fourth-order valence-corrected chi connectivity index (χ4v) is 2.80. The third-order valence-electron chi connectivity index (χ3n) is 4.11. The number of likely N-dealkylation sites (N-methyl/N-ethyl adjacent to an activating group) is 1. The smallest absolute Gasteiger partial charge is 0.262 e. The number of anilines is 1. The first-order valence-corrected chi connectivity index (χ1v) is 7.52. The van der Waals surface area contributed by atoms with Crippen molar-refractivity contribution in [3.63, 3.8) is 0 Å². The predicted octanol–water partition coefficient (Wildman–Crippen LogP) is 1.07. The second kappa shape index (κ2) is 6.76. The van der Waals surface area contributed by atoms with Gasteiger partial charge in [0.05, 0.1) is 11.7 Å². The highest BCUT2D eigenvalue weighted by molar-refractivity contribution is 5.96. The molecule has 0 spiro atoms. The average molecular weight is 352 g/mol. The molecule has 1 saturated heterocycles. The lowest BCUT2D eigenvalue weighted by Gasteiger charge is -2.30. The molecule has 24 heavy (non-hydrogen) atoms. The third kappa shape index (κ3) is 3.08. The zero-order valence-electron chi connectivity index (χ0n) is 13.1. The van der Waals surface area contributed by atoms with E-state index in [9.17, 15) is 4.79 Å². The molecule has 1 aromatic heterocycles. The summed E-state index contributed by atoms with van der Waals surface area (Å²) >= 11 is 0. The highest BCUT2D eigenvalue weighted by Crippen LogP contribution is 2.32. The summed E-state index contributed by atoms with van der Waals surface area (Å²) < 4.78 is 10.7. The van der Waals surface area contributed by atoms with Crippen LogP contribution in [0.3, 0.4) is 0 Å². The topological polar surface area (TPSA) is 92.5 Å². The van der Waals surface area contributed by atoms with E-state index in [1.54, 1.807) is 12.1 Å². The summed E-state index contributed by atoms with van der Waals surface area (Å²) in [6.07, 6.45) is 0. The van der Waals surface area contributed by atoms with E-state index >= 15 is 0 Å². The monoisotopic (exact) mass is 351 g/mol. The molecule has 1 unspecified atom stereocenters. The van der Waals surface area contributed by atoms with Crippen LogP contribution >= 0.6 is 12.4 Å². The first-order chi connectivity index (χ1) is 11.2. The number of piperazine rings is 1. The number of benzene rings is 1. The lowest BCUT2D eigenvalue weighted by atomic mass is 10.1. The second-order valence-corrected chi connectivity index (χ2v) is 5.71. The number of nitrogens with zero attached hydrogens (tertiary/aromatic N) is 3. The number of carbonyl (C=O) groups excluding carboxylic acids is 1. The van der Waals surface area contributed by atoms with Crippen molar-refractivity contribution in [1.29, 1.82) is 0 Å².